The third kappa shape index (κ3) is 19.4. The van der Waals surface area contributed by atoms with E-state index in [2.05, 4.69) is 32.7 Å². The zero-order valence-corrected chi connectivity index (χ0v) is 21.6. The molecular weight excluding hydrogens is 386 g/mol. The molecule has 0 aliphatic rings. The predicted molar refractivity (Wildman–Crippen MR) is 133 cm³/mol. The fraction of sp³-hybridized carbons (Fsp3) is 0.889. The Morgan fingerprint density at radius 1 is 0.935 bits per heavy atom. The maximum Gasteiger partial charge on any atom is 0.407 e. The van der Waals surface area contributed by atoms with Gasteiger partial charge in [-0.3, -0.25) is 0 Å². The molecule has 0 rings (SSSR count). The third-order valence-corrected chi connectivity index (χ3v) is 5.52. The molecule has 4 heteroatoms. The van der Waals surface area contributed by atoms with Crippen LogP contribution < -0.4 is 5.32 Å². The number of unbranched alkanes of at least 4 members (excludes halogenated alkanes) is 10. The minimum atomic E-state index is -0.630. The van der Waals surface area contributed by atoms with Gasteiger partial charge >= 0.3 is 6.09 Å². The summed E-state index contributed by atoms with van der Waals surface area (Å²) >= 11 is 0. The van der Waals surface area contributed by atoms with Gasteiger partial charge in [-0.15, -0.1) is 0 Å². The van der Waals surface area contributed by atoms with Crippen LogP contribution in [0, 0.1) is 5.92 Å². The monoisotopic (exact) mass is 439 g/mol. The van der Waals surface area contributed by atoms with Crippen LogP contribution >= 0.6 is 0 Å². The van der Waals surface area contributed by atoms with Crippen LogP contribution in [0.5, 0.6) is 0 Å². The molecule has 0 aromatic rings. The minimum absolute atomic E-state index is 0.316. The number of aliphatic hydroxyl groups excluding tert-OH is 1. The van der Waals surface area contributed by atoms with Crippen LogP contribution in [0.25, 0.3) is 0 Å². The van der Waals surface area contributed by atoms with Gasteiger partial charge in [-0.25, -0.2) is 4.79 Å². The number of hydrogen-bond acceptors (Lipinski definition) is 3. The van der Waals surface area contributed by atoms with Gasteiger partial charge in [-0.2, -0.15) is 0 Å². The number of carbonyl (C=O) groups excluding carboxylic acids is 1. The van der Waals surface area contributed by atoms with E-state index in [1.165, 1.54) is 64.2 Å². The molecular formula is C27H53NO3. The molecule has 2 atom stereocenters. The molecule has 0 aliphatic heterocycles. The van der Waals surface area contributed by atoms with Crippen molar-refractivity contribution in [2.75, 3.05) is 0 Å². The zero-order chi connectivity index (χ0) is 23.7. The SMILES string of the molecule is C=C(CCCCCCCCCCCCC)C[C@H](O)[C@H](CC(C)C)NC(=O)OC(C)(C)C. The van der Waals surface area contributed by atoms with Crippen molar-refractivity contribution in [2.45, 2.75) is 149 Å². The van der Waals surface area contributed by atoms with Crippen LogP contribution in [0.15, 0.2) is 12.2 Å². The number of aliphatic hydroxyl groups is 1. The normalized spacial score (nSPS) is 13.8. The van der Waals surface area contributed by atoms with Gasteiger partial charge in [0, 0.05) is 0 Å². The van der Waals surface area contributed by atoms with Gasteiger partial charge in [0.15, 0.2) is 0 Å². The summed E-state index contributed by atoms with van der Waals surface area (Å²) in [6, 6.07) is -0.316. The highest BCUT2D eigenvalue weighted by Gasteiger charge is 2.25. The number of hydrogen-bond donors (Lipinski definition) is 2. The summed E-state index contributed by atoms with van der Waals surface area (Å²) in [5, 5.41) is 13.6. The fourth-order valence-electron chi connectivity index (χ4n) is 3.86. The number of alkyl carbamates (subject to hydrolysis) is 1. The van der Waals surface area contributed by atoms with E-state index >= 15 is 0 Å². The molecule has 0 radical (unpaired) electrons. The first kappa shape index (κ1) is 30.0. The first-order valence-electron chi connectivity index (χ1n) is 12.9. The highest BCUT2D eigenvalue weighted by molar-refractivity contribution is 5.68. The fourth-order valence-corrected chi connectivity index (χ4v) is 3.86. The zero-order valence-electron chi connectivity index (χ0n) is 21.6. The minimum Gasteiger partial charge on any atom is -0.444 e. The Morgan fingerprint density at radius 3 is 1.87 bits per heavy atom. The Morgan fingerprint density at radius 2 is 1.42 bits per heavy atom. The first-order valence-corrected chi connectivity index (χ1v) is 12.9. The van der Waals surface area contributed by atoms with Gasteiger partial charge in [-0.05, 0) is 52.4 Å². The summed E-state index contributed by atoms with van der Waals surface area (Å²) in [6.07, 6.45) is 15.7. The van der Waals surface area contributed by atoms with Gasteiger partial charge in [0.25, 0.3) is 0 Å². The summed E-state index contributed by atoms with van der Waals surface area (Å²) in [5.74, 6) is 0.370. The number of ether oxygens (including phenoxy) is 1. The third-order valence-electron chi connectivity index (χ3n) is 5.52. The van der Waals surface area contributed by atoms with E-state index in [1.807, 2.05) is 20.8 Å². The quantitative estimate of drug-likeness (QED) is 0.168. The van der Waals surface area contributed by atoms with E-state index in [0.29, 0.717) is 18.8 Å². The van der Waals surface area contributed by atoms with Gasteiger partial charge < -0.3 is 15.2 Å². The first-order chi connectivity index (χ1) is 14.5. The van der Waals surface area contributed by atoms with Crippen LogP contribution in [0.2, 0.25) is 0 Å². The molecule has 0 aromatic heterocycles. The maximum atomic E-state index is 12.2. The standard InChI is InChI=1S/C27H53NO3/c1-8-9-10-11-12-13-14-15-16-17-18-19-23(4)21-25(29)24(20-22(2)3)28-26(30)31-27(5,6)7/h22,24-25,29H,4,8-21H2,1-3,5-7H3,(H,28,30)/t24-,25-/m0/s1. The van der Waals surface area contributed by atoms with E-state index in [9.17, 15) is 9.90 Å². The molecule has 184 valence electrons. The second-order valence-electron chi connectivity index (χ2n) is 10.7. The van der Waals surface area contributed by atoms with E-state index in [1.54, 1.807) is 0 Å². The van der Waals surface area contributed by atoms with Crippen LogP contribution in [-0.4, -0.2) is 28.9 Å². The summed E-state index contributed by atoms with van der Waals surface area (Å²) < 4.78 is 5.37. The van der Waals surface area contributed by atoms with Crippen molar-refractivity contribution >= 4 is 6.09 Å². The average Bonchev–Trinajstić information content (AvgIpc) is 2.63. The Balaban J connectivity index is 4.06. The van der Waals surface area contributed by atoms with Crippen molar-refractivity contribution in [2.24, 2.45) is 5.92 Å². The Bertz CT molecular complexity index is 468. The second-order valence-corrected chi connectivity index (χ2v) is 10.7. The van der Waals surface area contributed by atoms with E-state index in [4.69, 9.17) is 4.74 Å². The number of carbonyl (C=O) groups is 1. The van der Waals surface area contributed by atoms with E-state index in [-0.39, 0.29) is 6.04 Å². The maximum absolute atomic E-state index is 12.2. The molecule has 0 unspecified atom stereocenters. The molecule has 0 aromatic carbocycles. The average molecular weight is 440 g/mol. The van der Waals surface area contributed by atoms with Gasteiger partial charge in [0.05, 0.1) is 12.1 Å². The molecule has 0 heterocycles. The number of amides is 1. The lowest BCUT2D eigenvalue weighted by molar-refractivity contribution is 0.0403. The number of nitrogens with one attached hydrogen (secondary N) is 1. The van der Waals surface area contributed by atoms with Gasteiger partial charge in [0.2, 0.25) is 0 Å². The summed E-state index contributed by atoms with van der Waals surface area (Å²) in [7, 11) is 0. The molecule has 0 fully saturated rings. The molecule has 0 aliphatic carbocycles. The van der Waals surface area contributed by atoms with Gasteiger partial charge in [0.1, 0.15) is 5.60 Å². The van der Waals surface area contributed by atoms with E-state index < -0.39 is 17.8 Å². The largest absolute Gasteiger partial charge is 0.444 e. The van der Waals surface area contributed by atoms with Crippen LogP contribution in [-0.2, 0) is 4.74 Å². The lowest BCUT2D eigenvalue weighted by Crippen LogP contribution is -2.46. The lowest BCUT2D eigenvalue weighted by Gasteiger charge is -2.28. The molecule has 0 bridgehead atoms. The smallest absolute Gasteiger partial charge is 0.407 e. The van der Waals surface area contributed by atoms with Crippen molar-refractivity contribution in [3.05, 3.63) is 12.2 Å². The topological polar surface area (TPSA) is 58.6 Å². The molecule has 2 N–H and O–H groups in total. The van der Waals surface area contributed by atoms with E-state index in [0.717, 1.165) is 18.4 Å². The lowest BCUT2D eigenvalue weighted by atomic mass is 9.93. The second kappa shape index (κ2) is 17.5. The summed E-state index contributed by atoms with van der Waals surface area (Å²) in [4.78, 5) is 12.2. The molecule has 31 heavy (non-hydrogen) atoms. The van der Waals surface area contributed by atoms with Crippen LogP contribution in [0.3, 0.4) is 0 Å². The molecule has 0 saturated heterocycles. The Labute approximate surface area is 193 Å². The summed E-state index contributed by atoms with van der Waals surface area (Å²) in [6.45, 7) is 16.2. The predicted octanol–water partition coefficient (Wildman–Crippen LogP) is 7.93. The number of rotatable bonds is 18. The Kier molecular flexibility index (Phi) is 16.9. The molecule has 1 amide bonds. The Hall–Kier alpha value is -1.03. The van der Waals surface area contributed by atoms with Crippen molar-refractivity contribution in [3.8, 4) is 0 Å². The van der Waals surface area contributed by atoms with Crippen LogP contribution in [0.4, 0.5) is 4.79 Å². The van der Waals surface area contributed by atoms with Crippen molar-refractivity contribution in [1.82, 2.24) is 5.32 Å². The highest BCUT2D eigenvalue weighted by atomic mass is 16.6. The van der Waals surface area contributed by atoms with Gasteiger partial charge in [-0.1, -0.05) is 97.1 Å². The van der Waals surface area contributed by atoms with Crippen LogP contribution in [0.1, 0.15) is 131 Å². The highest BCUT2D eigenvalue weighted by Crippen LogP contribution is 2.19. The van der Waals surface area contributed by atoms with Crippen molar-refractivity contribution in [1.29, 1.82) is 0 Å². The van der Waals surface area contributed by atoms with Crippen molar-refractivity contribution < 1.29 is 14.6 Å². The molecule has 0 spiro atoms. The molecule has 0 saturated carbocycles. The molecule has 4 nitrogen and oxygen atoms in total. The summed E-state index contributed by atoms with van der Waals surface area (Å²) in [5.41, 5.74) is 0.527. The van der Waals surface area contributed by atoms with Crippen molar-refractivity contribution in [3.63, 3.8) is 0 Å².